The van der Waals surface area contributed by atoms with Gasteiger partial charge >= 0.3 is 6.36 Å². The largest absolute Gasteiger partial charge is 0.573 e. The predicted octanol–water partition coefficient (Wildman–Crippen LogP) is 3.74. The third-order valence-electron chi connectivity index (χ3n) is 1.93. The zero-order valence-corrected chi connectivity index (χ0v) is 12.2. The van der Waals surface area contributed by atoms with Crippen LogP contribution in [-0.2, 0) is 14.4 Å². The van der Waals surface area contributed by atoms with Crippen molar-refractivity contribution >= 4 is 35.7 Å². The van der Waals surface area contributed by atoms with Gasteiger partial charge in [-0.25, -0.2) is 22.2 Å². The number of nitrogens with zero attached hydrogens (tertiary/aromatic N) is 1. The molecular weight excluding hydrogens is 401 g/mol. The number of rotatable bonds is 4. The summed E-state index contributed by atoms with van der Waals surface area (Å²) >= 11 is 2.70. The summed E-state index contributed by atoms with van der Waals surface area (Å²) in [6, 6.07) is 0. The first-order chi connectivity index (χ1) is 8.97. The van der Waals surface area contributed by atoms with Crippen molar-refractivity contribution < 1.29 is 35.1 Å². The van der Waals surface area contributed by atoms with E-state index in [2.05, 4.69) is 25.7 Å². The van der Waals surface area contributed by atoms with Gasteiger partial charge in [0.25, 0.3) is 15.5 Å². The van der Waals surface area contributed by atoms with Gasteiger partial charge in [-0.15, -0.1) is 13.2 Å². The van der Waals surface area contributed by atoms with E-state index in [1.165, 1.54) is 0 Å². The standard InChI is InChI=1S/C8H4BrClF5NO3S/c9-1-3-4(19-8(13,14)15)2-16-5(7(11)12)6(3)20(10,17)18/h2,7H,1H2. The lowest BCUT2D eigenvalue weighted by atomic mass is 10.2. The van der Waals surface area contributed by atoms with Crippen molar-refractivity contribution in [2.75, 3.05) is 0 Å². The topological polar surface area (TPSA) is 56.3 Å². The molecule has 0 fully saturated rings. The molecule has 12 heteroatoms. The minimum absolute atomic E-state index is 0.358. The molecule has 1 rings (SSSR count). The summed E-state index contributed by atoms with van der Waals surface area (Å²) in [4.78, 5) is 1.78. The highest BCUT2D eigenvalue weighted by Crippen LogP contribution is 2.37. The molecule has 0 spiro atoms. The Morgan fingerprint density at radius 3 is 2.30 bits per heavy atom. The molecule has 4 nitrogen and oxygen atoms in total. The Labute approximate surface area is 122 Å². The molecule has 0 amide bonds. The van der Waals surface area contributed by atoms with E-state index in [-0.39, 0.29) is 0 Å². The fourth-order valence-electron chi connectivity index (χ4n) is 1.30. The average molecular weight is 405 g/mol. The van der Waals surface area contributed by atoms with Crippen LogP contribution in [0.3, 0.4) is 0 Å². The molecule has 0 atom stereocenters. The third kappa shape index (κ3) is 4.16. The summed E-state index contributed by atoms with van der Waals surface area (Å²) in [5.74, 6) is -1.03. The van der Waals surface area contributed by atoms with Crippen molar-refractivity contribution in [2.45, 2.75) is 23.0 Å². The zero-order valence-electron chi connectivity index (χ0n) is 9.09. The van der Waals surface area contributed by atoms with Crippen molar-refractivity contribution in [1.82, 2.24) is 4.98 Å². The van der Waals surface area contributed by atoms with Crippen LogP contribution in [0.25, 0.3) is 0 Å². The Kier molecular flexibility index (Phi) is 5.19. The van der Waals surface area contributed by atoms with Crippen molar-refractivity contribution in [3.63, 3.8) is 0 Å². The van der Waals surface area contributed by atoms with Gasteiger partial charge in [-0.2, -0.15) is 0 Å². The summed E-state index contributed by atoms with van der Waals surface area (Å²) in [6.07, 6.45) is -8.12. The Hall–Kier alpha value is -0.680. The molecule has 1 heterocycles. The van der Waals surface area contributed by atoms with Crippen molar-refractivity contribution in [3.05, 3.63) is 17.5 Å². The highest BCUT2D eigenvalue weighted by atomic mass is 79.9. The molecule has 1 aromatic heterocycles. The van der Waals surface area contributed by atoms with Gasteiger partial charge in [-0.05, 0) is 0 Å². The zero-order chi connectivity index (χ0) is 15.7. The molecule has 0 aliphatic rings. The molecule has 0 N–H and O–H groups in total. The lowest BCUT2D eigenvalue weighted by Crippen LogP contribution is -2.19. The Balaban J connectivity index is 3.62. The molecule has 1 aromatic rings. The minimum atomic E-state index is -5.14. The Bertz CT molecular complexity index is 607. The van der Waals surface area contributed by atoms with E-state index in [9.17, 15) is 30.4 Å². The average Bonchev–Trinajstić information content (AvgIpc) is 2.24. The summed E-state index contributed by atoms with van der Waals surface area (Å²) in [5, 5.41) is -0.512. The summed E-state index contributed by atoms with van der Waals surface area (Å²) in [7, 11) is 0.229. The summed E-state index contributed by atoms with van der Waals surface area (Å²) < 4.78 is 87.9. The fraction of sp³-hybridized carbons (Fsp3) is 0.375. The second-order valence-electron chi connectivity index (χ2n) is 3.24. The van der Waals surface area contributed by atoms with Gasteiger partial charge in [0.1, 0.15) is 10.6 Å². The molecule has 114 valence electrons. The quantitative estimate of drug-likeness (QED) is 0.436. The van der Waals surface area contributed by atoms with E-state index < -0.39 is 49.1 Å². The van der Waals surface area contributed by atoms with Crippen molar-refractivity contribution in [1.29, 1.82) is 0 Å². The lowest BCUT2D eigenvalue weighted by Gasteiger charge is -2.15. The van der Waals surface area contributed by atoms with Gasteiger partial charge in [0, 0.05) is 21.6 Å². The highest BCUT2D eigenvalue weighted by molar-refractivity contribution is 9.08. The second kappa shape index (κ2) is 5.98. The van der Waals surface area contributed by atoms with Gasteiger partial charge in [0.15, 0.2) is 5.75 Å². The second-order valence-corrected chi connectivity index (χ2v) is 6.30. The van der Waals surface area contributed by atoms with Gasteiger partial charge in [0.05, 0.1) is 6.20 Å². The number of halogens is 7. The molecule has 0 saturated heterocycles. The van der Waals surface area contributed by atoms with Crippen molar-refractivity contribution in [3.8, 4) is 5.75 Å². The van der Waals surface area contributed by atoms with Gasteiger partial charge in [-0.1, -0.05) is 15.9 Å². The maximum absolute atomic E-state index is 12.7. The monoisotopic (exact) mass is 403 g/mol. The van der Waals surface area contributed by atoms with Crippen LogP contribution in [-0.4, -0.2) is 19.8 Å². The SMILES string of the molecule is O=S(=O)(Cl)c1c(C(F)F)ncc(OC(F)(F)F)c1CBr. The Morgan fingerprint density at radius 1 is 1.40 bits per heavy atom. The Morgan fingerprint density at radius 2 is 1.95 bits per heavy atom. The minimum Gasteiger partial charge on any atom is -0.404 e. The first kappa shape index (κ1) is 17.4. The van der Waals surface area contributed by atoms with Gasteiger partial charge in [0.2, 0.25) is 0 Å². The van der Waals surface area contributed by atoms with E-state index in [1.807, 2.05) is 0 Å². The van der Waals surface area contributed by atoms with E-state index in [4.69, 9.17) is 10.7 Å². The molecule has 0 saturated carbocycles. The number of alkyl halides is 6. The van der Waals surface area contributed by atoms with Crippen LogP contribution in [0.4, 0.5) is 22.0 Å². The van der Waals surface area contributed by atoms with Gasteiger partial charge < -0.3 is 4.74 Å². The van der Waals surface area contributed by atoms with E-state index in [0.29, 0.717) is 6.20 Å². The first-order valence-electron chi connectivity index (χ1n) is 4.53. The van der Waals surface area contributed by atoms with E-state index in [0.717, 1.165) is 0 Å². The molecule has 0 aromatic carbocycles. The van der Waals surface area contributed by atoms with Crippen LogP contribution in [0.1, 0.15) is 17.7 Å². The van der Waals surface area contributed by atoms with Crippen molar-refractivity contribution in [2.24, 2.45) is 0 Å². The van der Waals surface area contributed by atoms with Crippen LogP contribution in [0, 0.1) is 0 Å². The van der Waals surface area contributed by atoms with E-state index in [1.54, 1.807) is 0 Å². The number of hydrogen-bond donors (Lipinski definition) is 0. The number of ether oxygens (including phenoxy) is 1. The predicted molar refractivity (Wildman–Crippen MR) is 61.5 cm³/mol. The van der Waals surface area contributed by atoms with Crippen LogP contribution >= 0.6 is 26.6 Å². The number of hydrogen-bond acceptors (Lipinski definition) is 4. The molecule has 0 bridgehead atoms. The lowest BCUT2D eigenvalue weighted by molar-refractivity contribution is -0.275. The fourth-order valence-corrected chi connectivity index (χ4v) is 3.42. The van der Waals surface area contributed by atoms with E-state index >= 15 is 0 Å². The van der Waals surface area contributed by atoms with Crippen LogP contribution in [0.5, 0.6) is 5.75 Å². The summed E-state index contributed by atoms with van der Waals surface area (Å²) in [6.45, 7) is 0. The van der Waals surface area contributed by atoms with Crippen LogP contribution in [0.15, 0.2) is 11.1 Å². The smallest absolute Gasteiger partial charge is 0.404 e. The number of pyridine rings is 1. The molecule has 0 aliphatic carbocycles. The first-order valence-corrected chi connectivity index (χ1v) is 7.96. The maximum Gasteiger partial charge on any atom is 0.573 e. The van der Waals surface area contributed by atoms with Crippen LogP contribution in [0.2, 0.25) is 0 Å². The number of aromatic nitrogens is 1. The molecule has 20 heavy (non-hydrogen) atoms. The highest BCUT2D eigenvalue weighted by Gasteiger charge is 2.35. The molecule has 0 aliphatic heterocycles. The molecule has 0 unspecified atom stereocenters. The summed E-state index contributed by atoms with van der Waals surface area (Å²) in [5.41, 5.74) is -1.94. The third-order valence-corrected chi connectivity index (χ3v) is 3.90. The normalized spacial score (nSPS) is 12.8. The molecular formula is C8H4BrClF5NO3S. The maximum atomic E-state index is 12.7. The molecule has 0 radical (unpaired) electrons. The van der Waals surface area contributed by atoms with Gasteiger partial charge in [-0.3, -0.25) is 0 Å². The van der Waals surface area contributed by atoms with Crippen LogP contribution < -0.4 is 4.74 Å².